The zero-order chi connectivity index (χ0) is 14.1. The number of carboxylic acids is 1. The van der Waals surface area contributed by atoms with E-state index in [4.69, 9.17) is 9.84 Å². The third kappa shape index (κ3) is 6.37. The average molecular weight is 268 g/mol. The molecule has 0 aliphatic heterocycles. The van der Waals surface area contributed by atoms with Crippen LogP contribution in [0.15, 0.2) is 29.2 Å². The van der Waals surface area contributed by atoms with Crippen molar-refractivity contribution in [1.29, 1.82) is 0 Å². The molecule has 0 bridgehead atoms. The molecule has 0 aliphatic carbocycles. The first-order valence-corrected chi connectivity index (χ1v) is 5.81. The van der Waals surface area contributed by atoms with Gasteiger partial charge in [-0.05, 0) is 6.07 Å². The molecule has 7 nitrogen and oxygen atoms in total. The molecule has 0 saturated carbocycles. The molecule has 0 unspecified atom stereocenters. The Morgan fingerprint density at radius 2 is 2.16 bits per heavy atom. The van der Waals surface area contributed by atoms with Crippen molar-refractivity contribution in [2.45, 2.75) is 13.0 Å². The molecule has 0 aliphatic rings. The van der Waals surface area contributed by atoms with Gasteiger partial charge in [-0.25, -0.2) is 4.79 Å². The fourth-order valence-electron chi connectivity index (χ4n) is 1.38. The fourth-order valence-corrected chi connectivity index (χ4v) is 1.38. The van der Waals surface area contributed by atoms with Crippen LogP contribution in [0, 0.1) is 0 Å². The highest BCUT2D eigenvalue weighted by molar-refractivity contribution is 5.75. The summed E-state index contributed by atoms with van der Waals surface area (Å²) in [4.78, 5) is 32.9. The van der Waals surface area contributed by atoms with Gasteiger partial charge in [-0.1, -0.05) is 6.07 Å². The first-order chi connectivity index (χ1) is 9.09. The summed E-state index contributed by atoms with van der Waals surface area (Å²) in [5.41, 5.74) is -0.153. The van der Waals surface area contributed by atoms with E-state index in [9.17, 15) is 14.4 Å². The predicted molar refractivity (Wildman–Crippen MR) is 66.8 cm³/mol. The molecule has 2 N–H and O–H groups in total. The van der Waals surface area contributed by atoms with Crippen LogP contribution in [0.4, 0.5) is 0 Å². The summed E-state index contributed by atoms with van der Waals surface area (Å²) in [6.45, 7) is 0.315. The average Bonchev–Trinajstić information content (AvgIpc) is 2.37. The lowest BCUT2D eigenvalue weighted by Crippen LogP contribution is -2.29. The minimum absolute atomic E-state index is 0.142. The van der Waals surface area contributed by atoms with Gasteiger partial charge in [0.1, 0.15) is 6.61 Å². The summed E-state index contributed by atoms with van der Waals surface area (Å²) in [5, 5.41) is 10.9. The zero-order valence-electron chi connectivity index (χ0n) is 10.4. The Balaban J connectivity index is 2.17. The second kappa shape index (κ2) is 8.04. The van der Waals surface area contributed by atoms with Crippen molar-refractivity contribution in [1.82, 2.24) is 9.88 Å². The van der Waals surface area contributed by atoms with E-state index in [1.165, 1.54) is 10.6 Å². The van der Waals surface area contributed by atoms with E-state index in [-0.39, 0.29) is 37.6 Å². The number of hydrogen-bond acceptors (Lipinski definition) is 4. The molecule has 19 heavy (non-hydrogen) atoms. The maximum absolute atomic E-state index is 11.4. The van der Waals surface area contributed by atoms with Crippen LogP contribution in [-0.4, -0.2) is 41.3 Å². The number of aryl methyl sites for hydroxylation is 1. The van der Waals surface area contributed by atoms with Gasteiger partial charge in [0.05, 0.1) is 6.61 Å². The number of carbonyl (C=O) groups excluding carboxylic acids is 1. The minimum atomic E-state index is -1.05. The van der Waals surface area contributed by atoms with Gasteiger partial charge in [-0.3, -0.25) is 9.59 Å². The van der Waals surface area contributed by atoms with Crippen LogP contribution in [0.25, 0.3) is 0 Å². The molecule has 0 aromatic carbocycles. The molecule has 0 saturated heterocycles. The van der Waals surface area contributed by atoms with Crippen molar-refractivity contribution in [3.8, 4) is 0 Å². The van der Waals surface area contributed by atoms with Crippen molar-refractivity contribution in [3.05, 3.63) is 34.7 Å². The predicted octanol–water partition coefficient (Wildman–Crippen LogP) is -0.544. The van der Waals surface area contributed by atoms with Crippen molar-refractivity contribution < 1.29 is 19.4 Å². The van der Waals surface area contributed by atoms with Crippen LogP contribution < -0.4 is 10.9 Å². The molecule has 1 aromatic rings. The second-order valence-electron chi connectivity index (χ2n) is 3.78. The topological polar surface area (TPSA) is 97.6 Å². The summed E-state index contributed by atoms with van der Waals surface area (Å²) in [5.74, 6) is -1.26. The molecule has 0 spiro atoms. The lowest BCUT2D eigenvalue weighted by Gasteiger charge is -2.06. The van der Waals surface area contributed by atoms with Crippen LogP contribution in [-0.2, 0) is 20.9 Å². The number of amides is 1. The number of carboxylic acid groups (broad SMARTS) is 1. The Morgan fingerprint density at radius 3 is 2.84 bits per heavy atom. The lowest BCUT2D eigenvalue weighted by molar-refractivity contribution is -0.142. The number of pyridine rings is 1. The van der Waals surface area contributed by atoms with Gasteiger partial charge < -0.3 is 19.7 Å². The molecule has 1 heterocycles. The van der Waals surface area contributed by atoms with Gasteiger partial charge in [-0.15, -0.1) is 0 Å². The van der Waals surface area contributed by atoms with Crippen molar-refractivity contribution in [2.24, 2.45) is 0 Å². The highest BCUT2D eigenvalue weighted by Crippen LogP contribution is 1.88. The van der Waals surface area contributed by atoms with E-state index in [1.807, 2.05) is 0 Å². The van der Waals surface area contributed by atoms with Crippen LogP contribution in [0.5, 0.6) is 0 Å². The third-order valence-corrected chi connectivity index (χ3v) is 2.27. The molecule has 1 amide bonds. The van der Waals surface area contributed by atoms with Crippen LogP contribution >= 0.6 is 0 Å². The lowest BCUT2D eigenvalue weighted by atomic mass is 10.3. The monoisotopic (exact) mass is 268 g/mol. The number of hydrogen-bond donors (Lipinski definition) is 2. The van der Waals surface area contributed by atoms with Crippen LogP contribution in [0.1, 0.15) is 6.42 Å². The van der Waals surface area contributed by atoms with Crippen LogP contribution in [0.3, 0.4) is 0 Å². The first-order valence-electron chi connectivity index (χ1n) is 5.81. The van der Waals surface area contributed by atoms with Gasteiger partial charge in [0.2, 0.25) is 5.91 Å². The summed E-state index contributed by atoms with van der Waals surface area (Å²) in [7, 11) is 0. The number of aromatic nitrogens is 1. The number of nitrogens with zero attached hydrogens (tertiary/aromatic N) is 1. The number of nitrogens with one attached hydrogen (secondary N) is 1. The Labute approximate surface area is 109 Å². The number of ether oxygens (including phenoxy) is 1. The van der Waals surface area contributed by atoms with Gasteiger partial charge in [-0.2, -0.15) is 0 Å². The molecule has 0 atom stereocenters. The molecule has 104 valence electrons. The molecule has 0 radical (unpaired) electrons. The number of aliphatic carboxylic acids is 1. The quantitative estimate of drug-likeness (QED) is 0.617. The zero-order valence-corrected chi connectivity index (χ0v) is 10.4. The van der Waals surface area contributed by atoms with Gasteiger partial charge in [0.25, 0.3) is 5.56 Å². The summed E-state index contributed by atoms with van der Waals surface area (Å²) in [6.07, 6.45) is 1.80. The molecule has 0 fully saturated rings. The van der Waals surface area contributed by atoms with Gasteiger partial charge in [0.15, 0.2) is 0 Å². The van der Waals surface area contributed by atoms with E-state index in [0.717, 1.165) is 0 Å². The molecule has 1 rings (SSSR count). The molecule has 1 aromatic heterocycles. The Morgan fingerprint density at radius 1 is 1.37 bits per heavy atom. The summed E-state index contributed by atoms with van der Waals surface area (Å²) >= 11 is 0. The van der Waals surface area contributed by atoms with E-state index in [0.29, 0.717) is 6.54 Å². The van der Waals surface area contributed by atoms with E-state index in [1.54, 1.807) is 18.3 Å². The van der Waals surface area contributed by atoms with Crippen molar-refractivity contribution >= 4 is 11.9 Å². The first kappa shape index (κ1) is 14.9. The summed E-state index contributed by atoms with van der Waals surface area (Å²) < 4.78 is 6.20. The van der Waals surface area contributed by atoms with E-state index in [2.05, 4.69) is 5.32 Å². The van der Waals surface area contributed by atoms with E-state index >= 15 is 0 Å². The SMILES string of the molecule is O=C(O)COCCNC(=O)CCn1ccccc1=O. The minimum Gasteiger partial charge on any atom is -0.480 e. The van der Waals surface area contributed by atoms with Crippen LogP contribution in [0.2, 0.25) is 0 Å². The van der Waals surface area contributed by atoms with Gasteiger partial charge in [0, 0.05) is 31.8 Å². The highest BCUT2D eigenvalue weighted by Gasteiger charge is 2.02. The molecular weight excluding hydrogens is 252 g/mol. The van der Waals surface area contributed by atoms with E-state index < -0.39 is 5.97 Å². The number of rotatable bonds is 8. The van der Waals surface area contributed by atoms with Crippen molar-refractivity contribution in [2.75, 3.05) is 19.8 Å². The Bertz CT molecular complexity index is 483. The normalized spacial score (nSPS) is 10.1. The molecular formula is C12H16N2O5. The third-order valence-electron chi connectivity index (χ3n) is 2.27. The second-order valence-corrected chi connectivity index (χ2v) is 3.78. The van der Waals surface area contributed by atoms with Gasteiger partial charge >= 0.3 is 5.97 Å². The Kier molecular flexibility index (Phi) is 6.31. The highest BCUT2D eigenvalue weighted by atomic mass is 16.5. The Hall–Kier alpha value is -2.15. The number of carbonyl (C=O) groups is 2. The largest absolute Gasteiger partial charge is 0.480 e. The maximum Gasteiger partial charge on any atom is 0.329 e. The smallest absolute Gasteiger partial charge is 0.329 e. The fraction of sp³-hybridized carbons (Fsp3) is 0.417. The standard InChI is InChI=1S/C12H16N2O5/c15-10(13-5-8-19-9-12(17)18)4-7-14-6-2-1-3-11(14)16/h1-3,6H,4-5,7-9H2,(H,13,15)(H,17,18). The maximum atomic E-state index is 11.4. The van der Waals surface area contributed by atoms with Crippen molar-refractivity contribution in [3.63, 3.8) is 0 Å². The molecule has 7 heteroatoms. The summed E-state index contributed by atoms with van der Waals surface area (Å²) in [6, 6.07) is 4.79.